The molecule has 2 rings (SSSR count). The molecule has 1 aromatic rings. The Kier molecular flexibility index (Phi) is 3.75. The van der Waals surface area contributed by atoms with Crippen molar-refractivity contribution in [2.75, 3.05) is 11.5 Å². The molecule has 0 atom stereocenters. The molecule has 0 amide bonds. The average Bonchev–Trinajstić information content (AvgIpc) is 2.18. The van der Waals surface area contributed by atoms with Crippen LogP contribution in [0.15, 0.2) is 28.7 Å². The summed E-state index contributed by atoms with van der Waals surface area (Å²) in [5, 5.41) is 10.4. The summed E-state index contributed by atoms with van der Waals surface area (Å²) in [6.45, 7) is 0. The number of thioether (sulfide) groups is 1. The van der Waals surface area contributed by atoms with Crippen molar-refractivity contribution in [2.24, 2.45) is 0 Å². The Morgan fingerprint density at radius 1 is 1.33 bits per heavy atom. The van der Waals surface area contributed by atoms with Crippen LogP contribution in [0, 0.1) is 0 Å². The van der Waals surface area contributed by atoms with Gasteiger partial charge in [-0.25, -0.2) is 0 Å². The molecule has 0 bridgehead atoms. The highest BCUT2D eigenvalue weighted by atomic mass is 79.9. The molecule has 1 saturated heterocycles. The van der Waals surface area contributed by atoms with Gasteiger partial charge in [-0.3, -0.25) is 0 Å². The Labute approximate surface area is 103 Å². The van der Waals surface area contributed by atoms with Gasteiger partial charge in [-0.1, -0.05) is 28.1 Å². The van der Waals surface area contributed by atoms with Gasteiger partial charge in [0.1, 0.15) is 0 Å². The fourth-order valence-electron chi connectivity index (χ4n) is 1.96. The highest BCUT2D eigenvalue weighted by molar-refractivity contribution is 9.10. The minimum Gasteiger partial charge on any atom is -0.389 e. The van der Waals surface area contributed by atoms with Crippen LogP contribution >= 0.6 is 27.7 Å². The van der Waals surface area contributed by atoms with Crippen LogP contribution in [0.25, 0.3) is 0 Å². The zero-order chi connectivity index (χ0) is 10.7. The first-order valence-corrected chi connectivity index (χ1v) is 7.17. The maximum atomic E-state index is 10.4. The van der Waals surface area contributed by atoms with Gasteiger partial charge in [0.05, 0.1) is 5.60 Å². The van der Waals surface area contributed by atoms with Crippen molar-refractivity contribution in [2.45, 2.75) is 24.9 Å². The molecule has 1 heterocycles. The van der Waals surface area contributed by atoms with Crippen molar-refractivity contribution in [3.63, 3.8) is 0 Å². The third-order valence-electron chi connectivity index (χ3n) is 2.85. The number of hydrogen-bond donors (Lipinski definition) is 1. The van der Waals surface area contributed by atoms with E-state index in [4.69, 9.17) is 0 Å². The van der Waals surface area contributed by atoms with E-state index in [9.17, 15) is 5.11 Å². The topological polar surface area (TPSA) is 20.2 Å². The molecule has 0 aliphatic carbocycles. The second-order valence-electron chi connectivity index (χ2n) is 4.14. The van der Waals surface area contributed by atoms with Crippen LogP contribution in [0.5, 0.6) is 0 Å². The van der Waals surface area contributed by atoms with Crippen LogP contribution in [0.4, 0.5) is 0 Å². The molecule has 1 N–H and O–H groups in total. The standard InChI is InChI=1S/C12H15BrOS/c13-11-3-1-2-10(8-11)9-12(14)4-6-15-7-5-12/h1-3,8,14H,4-7,9H2. The normalized spacial score (nSPS) is 20.1. The third kappa shape index (κ3) is 3.23. The Morgan fingerprint density at radius 2 is 2.07 bits per heavy atom. The lowest BCUT2D eigenvalue weighted by Crippen LogP contribution is -2.35. The van der Waals surface area contributed by atoms with Crippen molar-refractivity contribution >= 4 is 27.7 Å². The molecule has 82 valence electrons. The molecule has 0 saturated carbocycles. The molecule has 0 radical (unpaired) electrons. The largest absolute Gasteiger partial charge is 0.389 e. The molecule has 0 unspecified atom stereocenters. The summed E-state index contributed by atoms with van der Waals surface area (Å²) >= 11 is 5.40. The fraction of sp³-hybridized carbons (Fsp3) is 0.500. The molecule has 3 heteroatoms. The summed E-state index contributed by atoms with van der Waals surface area (Å²) in [6.07, 6.45) is 2.63. The van der Waals surface area contributed by atoms with Crippen LogP contribution in [-0.4, -0.2) is 22.2 Å². The van der Waals surface area contributed by atoms with Crippen molar-refractivity contribution in [3.05, 3.63) is 34.3 Å². The molecule has 1 fully saturated rings. The van der Waals surface area contributed by atoms with E-state index in [2.05, 4.69) is 28.1 Å². The summed E-state index contributed by atoms with van der Waals surface area (Å²) in [5.41, 5.74) is 0.755. The van der Waals surface area contributed by atoms with E-state index < -0.39 is 5.60 Å². The summed E-state index contributed by atoms with van der Waals surface area (Å²) < 4.78 is 1.09. The van der Waals surface area contributed by atoms with Crippen molar-refractivity contribution in [1.29, 1.82) is 0 Å². The minimum absolute atomic E-state index is 0.466. The van der Waals surface area contributed by atoms with E-state index in [1.165, 1.54) is 5.56 Å². The maximum Gasteiger partial charge on any atom is 0.0703 e. The lowest BCUT2D eigenvalue weighted by Gasteiger charge is -2.31. The first kappa shape index (κ1) is 11.5. The van der Waals surface area contributed by atoms with Crippen LogP contribution in [-0.2, 0) is 6.42 Å². The molecular weight excluding hydrogens is 272 g/mol. The lowest BCUT2D eigenvalue weighted by molar-refractivity contribution is 0.0323. The highest BCUT2D eigenvalue weighted by Crippen LogP contribution is 2.30. The Bertz CT molecular complexity index is 334. The lowest BCUT2D eigenvalue weighted by atomic mass is 9.89. The Hall–Kier alpha value is 0.01000. The molecule has 1 aliphatic heterocycles. The number of rotatable bonds is 2. The van der Waals surface area contributed by atoms with Crippen LogP contribution in [0.3, 0.4) is 0 Å². The SMILES string of the molecule is OC1(Cc2cccc(Br)c2)CCSCC1. The molecule has 15 heavy (non-hydrogen) atoms. The van der Waals surface area contributed by atoms with Crippen LogP contribution in [0.1, 0.15) is 18.4 Å². The summed E-state index contributed by atoms with van der Waals surface area (Å²) in [4.78, 5) is 0. The quantitative estimate of drug-likeness (QED) is 0.901. The van der Waals surface area contributed by atoms with Gasteiger partial charge in [-0.15, -0.1) is 0 Å². The van der Waals surface area contributed by atoms with E-state index >= 15 is 0 Å². The van der Waals surface area contributed by atoms with Crippen molar-refractivity contribution in [1.82, 2.24) is 0 Å². The van der Waals surface area contributed by atoms with Gasteiger partial charge in [-0.05, 0) is 42.0 Å². The zero-order valence-electron chi connectivity index (χ0n) is 8.58. The van der Waals surface area contributed by atoms with E-state index in [0.717, 1.165) is 35.2 Å². The predicted octanol–water partition coefficient (Wildman–Crippen LogP) is 3.25. The van der Waals surface area contributed by atoms with Crippen LogP contribution in [0.2, 0.25) is 0 Å². The zero-order valence-corrected chi connectivity index (χ0v) is 11.0. The number of benzene rings is 1. The minimum atomic E-state index is -0.466. The van der Waals surface area contributed by atoms with Gasteiger partial charge >= 0.3 is 0 Å². The predicted molar refractivity (Wildman–Crippen MR) is 69.4 cm³/mol. The van der Waals surface area contributed by atoms with E-state index in [1.54, 1.807) is 0 Å². The summed E-state index contributed by atoms with van der Waals surface area (Å²) in [6, 6.07) is 8.23. The smallest absolute Gasteiger partial charge is 0.0703 e. The summed E-state index contributed by atoms with van der Waals surface area (Å²) in [5.74, 6) is 2.18. The number of halogens is 1. The van der Waals surface area contributed by atoms with Crippen molar-refractivity contribution < 1.29 is 5.11 Å². The van der Waals surface area contributed by atoms with Gasteiger partial charge in [0.25, 0.3) is 0 Å². The monoisotopic (exact) mass is 286 g/mol. The molecule has 0 spiro atoms. The second kappa shape index (κ2) is 4.89. The fourth-order valence-corrected chi connectivity index (χ4v) is 3.65. The van der Waals surface area contributed by atoms with E-state index in [1.807, 2.05) is 23.9 Å². The first-order valence-electron chi connectivity index (χ1n) is 5.23. The third-order valence-corrected chi connectivity index (χ3v) is 4.32. The Balaban J connectivity index is 2.06. The van der Waals surface area contributed by atoms with Gasteiger partial charge in [-0.2, -0.15) is 11.8 Å². The van der Waals surface area contributed by atoms with Gasteiger partial charge in [0.2, 0.25) is 0 Å². The Morgan fingerprint density at radius 3 is 2.73 bits per heavy atom. The van der Waals surface area contributed by atoms with Crippen LogP contribution < -0.4 is 0 Å². The number of aliphatic hydroxyl groups is 1. The van der Waals surface area contributed by atoms with Gasteiger partial charge in [0.15, 0.2) is 0 Å². The molecule has 1 aliphatic rings. The molecule has 1 nitrogen and oxygen atoms in total. The van der Waals surface area contributed by atoms with E-state index in [-0.39, 0.29) is 0 Å². The second-order valence-corrected chi connectivity index (χ2v) is 6.28. The van der Waals surface area contributed by atoms with Crippen molar-refractivity contribution in [3.8, 4) is 0 Å². The maximum absolute atomic E-state index is 10.4. The average molecular weight is 287 g/mol. The molecular formula is C12H15BrOS. The highest BCUT2D eigenvalue weighted by Gasteiger charge is 2.29. The van der Waals surface area contributed by atoms with Gasteiger partial charge in [0, 0.05) is 10.9 Å². The van der Waals surface area contributed by atoms with Gasteiger partial charge < -0.3 is 5.11 Å². The van der Waals surface area contributed by atoms with E-state index in [0.29, 0.717) is 0 Å². The molecule has 0 aromatic heterocycles. The first-order chi connectivity index (χ1) is 7.18. The number of hydrogen-bond acceptors (Lipinski definition) is 2. The molecule has 1 aromatic carbocycles. The summed E-state index contributed by atoms with van der Waals surface area (Å²) in [7, 11) is 0.